The van der Waals surface area contributed by atoms with Crippen molar-refractivity contribution in [2.24, 2.45) is 5.73 Å². The lowest BCUT2D eigenvalue weighted by Crippen LogP contribution is -2.21. The van der Waals surface area contributed by atoms with Crippen LogP contribution in [0.5, 0.6) is 5.75 Å². The fourth-order valence-corrected chi connectivity index (χ4v) is 1.50. The Morgan fingerprint density at radius 2 is 2.05 bits per heavy atom. The molecule has 112 valence electrons. The molecule has 0 spiro atoms. The van der Waals surface area contributed by atoms with Crippen molar-refractivity contribution in [2.45, 2.75) is 25.8 Å². The molecular formula is C10H9F5N2O3. The van der Waals surface area contributed by atoms with Crippen LogP contribution in [0.3, 0.4) is 0 Å². The van der Waals surface area contributed by atoms with Gasteiger partial charge in [0.2, 0.25) is 0 Å². The third-order valence-electron chi connectivity index (χ3n) is 2.20. The highest BCUT2D eigenvalue weighted by molar-refractivity contribution is 5.71. The van der Waals surface area contributed by atoms with Gasteiger partial charge in [-0.1, -0.05) is 0 Å². The SMILES string of the molecule is NCc1ncc(CC(=O)O)c(C(F)F)c1OC(F)(F)F. The van der Waals surface area contributed by atoms with Gasteiger partial charge in [-0.25, -0.2) is 8.78 Å². The molecule has 0 fully saturated rings. The smallest absolute Gasteiger partial charge is 0.481 e. The zero-order valence-electron chi connectivity index (χ0n) is 9.75. The van der Waals surface area contributed by atoms with Crippen molar-refractivity contribution in [1.29, 1.82) is 0 Å². The van der Waals surface area contributed by atoms with Crippen LogP contribution in [0.4, 0.5) is 22.0 Å². The number of pyridine rings is 1. The molecule has 0 amide bonds. The summed E-state index contributed by atoms with van der Waals surface area (Å²) in [5.41, 5.74) is 2.85. The summed E-state index contributed by atoms with van der Waals surface area (Å²) in [6, 6.07) is 0. The van der Waals surface area contributed by atoms with Gasteiger partial charge in [-0.2, -0.15) is 0 Å². The van der Waals surface area contributed by atoms with Gasteiger partial charge >= 0.3 is 12.3 Å². The maximum absolute atomic E-state index is 12.9. The number of aliphatic carboxylic acids is 1. The quantitative estimate of drug-likeness (QED) is 0.812. The normalized spacial score (nSPS) is 11.8. The van der Waals surface area contributed by atoms with Gasteiger partial charge in [0.1, 0.15) is 0 Å². The van der Waals surface area contributed by atoms with Crippen molar-refractivity contribution in [3.05, 3.63) is 23.0 Å². The van der Waals surface area contributed by atoms with Crippen molar-refractivity contribution in [1.82, 2.24) is 4.98 Å². The number of aromatic nitrogens is 1. The van der Waals surface area contributed by atoms with E-state index in [1.807, 2.05) is 0 Å². The minimum atomic E-state index is -5.23. The number of halogens is 5. The Morgan fingerprint density at radius 3 is 2.45 bits per heavy atom. The first-order valence-electron chi connectivity index (χ1n) is 5.12. The molecule has 1 aromatic rings. The molecule has 10 heteroatoms. The third kappa shape index (κ3) is 4.02. The lowest BCUT2D eigenvalue weighted by Gasteiger charge is -2.18. The van der Waals surface area contributed by atoms with E-state index < -0.39 is 54.3 Å². The predicted octanol–water partition coefficient (Wildman–Crippen LogP) is 2.00. The maximum atomic E-state index is 12.9. The van der Waals surface area contributed by atoms with Crippen LogP contribution in [0.25, 0.3) is 0 Å². The van der Waals surface area contributed by atoms with Crippen molar-refractivity contribution in [3.63, 3.8) is 0 Å². The van der Waals surface area contributed by atoms with Crippen LogP contribution in [0.1, 0.15) is 23.2 Å². The first-order valence-corrected chi connectivity index (χ1v) is 5.12. The van der Waals surface area contributed by atoms with Gasteiger partial charge in [0.05, 0.1) is 17.7 Å². The number of ether oxygens (including phenoxy) is 1. The number of carbonyl (C=O) groups is 1. The van der Waals surface area contributed by atoms with E-state index in [2.05, 4.69) is 9.72 Å². The molecule has 1 rings (SSSR count). The van der Waals surface area contributed by atoms with Crippen molar-refractivity contribution in [3.8, 4) is 5.75 Å². The monoisotopic (exact) mass is 300 g/mol. The summed E-state index contributed by atoms with van der Waals surface area (Å²) in [5.74, 6) is -2.74. The van der Waals surface area contributed by atoms with Crippen molar-refractivity contribution >= 4 is 5.97 Å². The molecule has 0 saturated carbocycles. The zero-order valence-corrected chi connectivity index (χ0v) is 9.75. The topological polar surface area (TPSA) is 85.4 Å². The lowest BCUT2D eigenvalue weighted by molar-refractivity contribution is -0.275. The molecule has 0 bridgehead atoms. The van der Waals surface area contributed by atoms with E-state index in [9.17, 15) is 26.7 Å². The number of carboxylic acids is 1. The molecule has 0 saturated heterocycles. The maximum Gasteiger partial charge on any atom is 0.573 e. The zero-order chi connectivity index (χ0) is 15.5. The van der Waals surface area contributed by atoms with Gasteiger partial charge in [-0.3, -0.25) is 9.78 Å². The van der Waals surface area contributed by atoms with Crippen LogP contribution >= 0.6 is 0 Å². The average molecular weight is 300 g/mol. The second-order valence-corrected chi connectivity index (χ2v) is 3.60. The summed E-state index contributed by atoms with van der Waals surface area (Å²) < 4.78 is 66.1. The molecule has 1 heterocycles. The molecule has 0 unspecified atom stereocenters. The Balaban J connectivity index is 3.44. The summed E-state index contributed by atoms with van der Waals surface area (Å²) in [6.07, 6.45) is -8.75. The first-order chi connectivity index (χ1) is 9.15. The largest absolute Gasteiger partial charge is 0.573 e. The minimum absolute atomic E-state index is 0.535. The number of alkyl halides is 5. The fourth-order valence-electron chi connectivity index (χ4n) is 1.50. The average Bonchev–Trinajstić information content (AvgIpc) is 2.25. The van der Waals surface area contributed by atoms with Crippen LogP contribution in [-0.2, 0) is 17.8 Å². The summed E-state index contributed by atoms with van der Waals surface area (Å²) in [4.78, 5) is 14.0. The van der Waals surface area contributed by atoms with Crippen molar-refractivity contribution in [2.75, 3.05) is 0 Å². The van der Waals surface area contributed by atoms with Gasteiger partial charge in [-0.05, 0) is 5.56 Å². The highest BCUT2D eigenvalue weighted by Gasteiger charge is 2.36. The van der Waals surface area contributed by atoms with Gasteiger partial charge in [-0.15, -0.1) is 13.2 Å². The number of hydrogen-bond acceptors (Lipinski definition) is 4. The third-order valence-corrected chi connectivity index (χ3v) is 2.20. The summed E-state index contributed by atoms with van der Waals surface area (Å²) in [5, 5.41) is 8.56. The molecule has 0 aliphatic rings. The van der Waals surface area contributed by atoms with Gasteiger partial charge in [0.15, 0.2) is 5.75 Å². The van der Waals surface area contributed by atoms with Gasteiger partial charge in [0.25, 0.3) is 6.43 Å². The van der Waals surface area contributed by atoms with E-state index in [0.29, 0.717) is 0 Å². The molecular weight excluding hydrogens is 291 g/mol. The predicted molar refractivity (Wildman–Crippen MR) is 55.1 cm³/mol. The van der Waals surface area contributed by atoms with Gasteiger partial charge in [0, 0.05) is 12.7 Å². The van der Waals surface area contributed by atoms with E-state index in [1.54, 1.807) is 0 Å². The number of hydrogen-bond donors (Lipinski definition) is 2. The van der Waals surface area contributed by atoms with E-state index in [4.69, 9.17) is 10.8 Å². The Labute approximate surface area is 109 Å². The molecule has 0 atom stereocenters. The number of rotatable bonds is 5. The Bertz CT molecular complexity index is 504. The standard InChI is InChI=1S/C10H9F5N2O3/c11-9(12)7-4(1-6(18)19)3-17-5(2-16)8(7)20-10(13,14)15/h3,9H,1-2,16H2,(H,18,19). The van der Waals surface area contributed by atoms with E-state index in [-0.39, 0.29) is 0 Å². The molecule has 3 N–H and O–H groups in total. The van der Waals surface area contributed by atoms with Crippen LogP contribution in [-0.4, -0.2) is 22.4 Å². The molecule has 20 heavy (non-hydrogen) atoms. The minimum Gasteiger partial charge on any atom is -0.481 e. The first kappa shape index (κ1) is 16.1. The highest BCUT2D eigenvalue weighted by Crippen LogP contribution is 2.37. The number of nitrogens with two attached hydrogens (primary N) is 1. The summed E-state index contributed by atoms with van der Waals surface area (Å²) in [7, 11) is 0. The Morgan fingerprint density at radius 1 is 1.45 bits per heavy atom. The number of nitrogens with zero attached hydrogens (tertiary/aromatic N) is 1. The second-order valence-electron chi connectivity index (χ2n) is 3.60. The molecule has 0 aliphatic carbocycles. The molecule has 5 nitrogen and oxygen atoms in total. The Kier molecular flexibility index (Phi) is 4.82. The lowest BCUT2D eigenvalue weighted by atomic mass is 10.0. The van der Waals surface area contributed by atoms with Crippen LogP contribution in [0.2, 0.25) is 0 Å². The number of carboxylic acid groups (broad SMARTS) is 1. The highest BCUT2D eigenvalue weighted by atomic mass is 19.4. The van der Waals surface area contributed by atoms with Crippen LogP contribution in [0, 0.1) is 0 Å². The second kappa shape index (κ2) is 5.99. The van der Waals surface area contributed by atoms with E-state index in [0.717, 1.165) is 6.20 Å². The molecule has 1 aromatic heterocycles. The molecule has 0 radical (unpaired) electrons. The van der Waals surface area contributed by atoms with Crippen molar-refractivity contribution < 1.29 is 36.6 Å². The summed E-state index contributed by atoms with van der Waals surface area (Å²) in [6.45, 7) is -0.571. The molecule has 0 aliphatic heterocycles. The van der Waals surface area contributed by atoms with Crippen LogP contribution < -0.4 is 10.5 Å². The van der Waals surface area contributed by atoms with E-state index >= 15 is 0 Å². The fraction of sp³-hybridized carbons (Fsp3) is 0.400. The van der Waals surface area contributed by atoms with Crippen LogP contribution in [0.15, 0.2) is 6.20 Å². The van der Waals surface area contributed by atoms with E-state index in [1.165, 1.54) is 0 Å². The molecule has 0 aromatic carbocycles. The van der Waals surface area contributed by atoms with Gasteiger partial charge < -0.3 is 15.6 Å². The Hall–Kier alpha value is -1.97. The summed E-state index contributed by atoms with van der Waals surface area (Å²) >= 11 is 0.